The van der Waals surface area contributed by atoms with Crippen molar-refractivity contribution in [2.75, 3.05) is 33.2 Å². The molecule has 2 N–H and O–H groups in total. The van der Waals surface area contributed by atoms with Gasteiger partial charge in [-0.15, -0.1) is 0 Å². The van der Waals surface area contributed by atoms with Gasteiger partial charge in [0.2, 0.25) is 0 Å². The molecule has 0 spiro atoms. The second-order valence-corrected chi connectivity index (χ2v) is 6.44. The van der Waals surface area contributed by atoms with Crippen molar-refractivity contribution in [2.45, 2.75) is 39.7 Å². The van der Waals surface area contributed by atoms with Crippen LogP contribution in [0.25, 0.3) is 0 Å². The highest BCUT2D eigenvalue weighted by Crippen LogP contribution is 2.23. The quantitative estimate of drug-likeness (QED) is 0.760. The fraction of sp³-hybridized carbons (Fsp3) is 0.923. The minimum absolute atomic E-state index is 0.00511. The van der Waals surface area contributed by atoms with Gasteiger partial charge in [0, 0.05) is 31.1 Å². The molecule has 3 nitrogen and oxygen atoms in total. The van der Waals surface area contributed by atoms with Crippen molar-refractivity contribution in [1.29, 1.82) is 0 Å². The summed E-state index contributed by atoms with van der Waals surface area (Å²) in [5.41, 5.74) is 5.75. The van der Waals surface area contributed by atoms with Gasteiger partial charge in [0.15, 0.2) is 0 Å². The Morgan fingerprint density at radius 2 is 2.06 bits per heavy atom. The first-order chi connectivity index (χ1) is 7.83. The molecule has 0 aromatic heterocycles. The average molecular weight is 257 g/mol. The lowest BCUT2D eigenvalue weighted by Crippen LogP contribution is -2.50. The van der Waals surface area contributed by atoms with E-state index in [1.165, 1.54) is 32.6 Å². The van der Waals surface area contributed by atoms with E-state index >= 15 is 0 Å². The van der Waals surface area contributed by atoms with E-state index in [4.69, 9.17) is 18.0 Å². The monoisotopic (exact) mass is 257 g/mol. The van der Waals surface area contributed by atoms with Crippen molar-refractivity contribution < 1.29 is 0 Å². The Labute approximate surface area is 111 Å². The van der Waals surface area contributed by atoms with Gasteiger partial charge in [0.05, 0.1) is 4.99 Å². The van der Waals surface area contributed by atoms with Crippen LogP contribution < -0.4 is 5.73 Å². The molecule has 4 heteroatoms. The number of likely N-dealkylation sites (N-methyl/N-ethyl adjacent to an activating group) is 1. The number of hydrogen-bond acceptors (Lipinski definition) is 3. The molecular weight excluding hydrogens is 230 g/mol. The van der Waals surface area contributed by atoms with Crippen LogP contribution in [0.4, 0.5) is 0 Å². The Bertz CT molecular complexity index is 265. The maximum absolute atomic E-state index is 5.75. The SMILES string of the molecule is CC1CN(C)CCN1CCCC(C)(C)C(N)=S. The zero-order chi connectivity index (χ0) is 13.1. The van der Waals surface area contributed by atoms with E-state index in [9.17, 15) is 0 Å². The molecule has 0 aliphatic carbocycles. The number of thiocarbonyl (C=S) groups is 1. The molecular formula is C13H27N3S. The molecule has 0 aromatic rings. The molecule has 1 aliphatic rings. The first-order valence-electron chi connectivity index (χ1n) is 6.55. The third-order valence-electron chi connectivity index (χ3n) is 3.88. The van der Waals surface area contributed by atoms with Gasteiger partial charge in [0.25, 0.3) is 0 Å². The standard InChI is InChI=1S/C13H27N3S/c1-11-10-15(4)8-9-16(11)7-5-6-13(2,3)12(14)17/h11H,5-10H2,1-4H3,(H2,14,17). The molecule has 1 unspecified atom stereocenters. The van der Waals surface area contributed by atoms with E-state index in [1.54, 1.807) is 0 Å². The van der Waals surface area contributed by atoms with E-state index in [2.05, 4.69) is 37.6 Å². The molecule has 100 valence electrons. The predicted octanol–water partition coefficient (Wildman–Crippen LogP) is 1.71. The second-order valence-electron chi connectivity index (χ2n) is 6.00. The summed E-state index contributed by atoms with van der Waals surface area (Å²) < 4.78 is 0. The van der Waals surface area contributed by atoms with Crippen LogP contribution in [0, 0.1) is 5.41 Å². The van der Waals surface area contributed by atoms with Gasteiger partial charge in [0.1, 0.15) is 0 Å². The molecule has 0 radical (unpaired) electrons. The Morgan fingerprint density at radius 1 is 1.41 bits per heavy atom. The summed E-state index contributed by atoms with van der Waals surface area (Å²) >= 11 is 5.10. The van der Waals surface area contributed by atoms with Gasteiger partial charge >= 0.3 is 0 Å². The summed E-state index contributed by atoms with van der Waals surface area (Å²) in [5.74, 6) is 0. The van der Waals surface area contributed by atoms with Crippen LogP contribution in [0.3, 0.4) is 0 Å². The van der Waals surface area contributed by atoms with E-state index in [0.29, 0.717) is 11.0 Å². The zero-order valence-corrected chi connectivity index (χ0v) is 12.5. The summed E-state index contributed by atoms with van der Waals surface area (Å²) in [6, 6.07) is 0.668. The number of nitrogens with two attached hydrogens (primary N) is 1. The van der Waals surface area contributed by atoms with Crippen molar-refractivity contribution in [3.8, 4) is 0 Å². The molecule has 17 heavy (non-hydrogen) atoms. The highest BCUT2D eigenvalue weighted by Gasteiger charge is 2.24. The Kier molecular flexibility index (Phi) is 5.35. The van der Waals surface area contributed by atoms with Crippen molar-refractivity contribution >= 4 is 17.2 Å². The van der Waals surface area contributed by atoms with Gasteiger partial charge in [-0.3, -0.25) is 4.90 Å². The van der Waals surface area contributed by atoms with Crippen LogP contribution >= 0.6 is 12.2 Å². The summed E-state index contributed by atoms with van der Waals surface area (Å²) in [6.07, 6.45) is 2.26. The Hall–Kier alpha value is -0.190. The smallest absolute Gasteiger partial charge is 0.0784 e. The maximum atomic E-state index is 5.75. The third-order valence-corrected chi connectivity index (χ3v) is 4.43. The lowest BCUT2D eigenvalue weighted by atomic mass is 9.87. The van der Waals surface area contributed by atoms with Crippen LogP contribution in [0.2, 0.25) is 0 Å². The van der Waals surface area contributed by atoms with Crippen LogP contribution in [-0.4, -0.2) is 54.1 Å². The number of piperazine rings is 1. The van der Waals surface area contributed by atoms with Crippen molar-refractivity contribution in [3.63, 3.8) is 0 Å². The Morgan fingerprint density at radius 3 is 2.59 bits per heavy atom. The number of nitrogens with zero attached hydrogens (tertiary/aromatic N) is 2. The molecule has 0 saturated carbocycles. The average Bonchev–Trinajstić information content (AvgIpc) is 2.21. The summed E-state index contributed by atoms with van der Waals surface area (Å²) in [4.78, 5) is 5.62. The van der Waals surface area contributed by atoms with Gasteiger partial charge in [-0.25, -0.2) is 0 Å². The fourth-order valence-electron chi connectivity index (χ4n) is 2.36. The molecule has 1 saturated heterocycles. The van der Waals surface area contributed by atoms with E-state index in [1.807, 2.05) is 0 Å². The summed E-state index contributed by atoms with van der Waals surface area (Å²) in [5, 5.41) is 0. The number of rotatable bonds is 5. The van der Waals surface area contributed by atoms with Crippen molar-refractivity contribution in [3.05, 3.63) is 0 Å². The molecule has 1 fully saturated rings. The normalized spacial score (nSPS) is 23.9. The van der Waals surface area contributed by atoms with Crippen molar-refractivity contribution in [1.82, 2.24) is 9.80 Å². The second kappa shape index (κ2) is 6.12. The first-order valence-corrected chi connectivity index (χ1v) is 6.96. The predicted molar refractivity (Wildman–Crippen MR) is 78.3 cm³/mol. The molecule has 1 heterocycles. The fourth-order valence-corrected chi connectivity index (χ4v) is 2.46. The van der Waals surface area contributed by atoms with Crippen molar-refractivity contribution in [2.24, 2.45) is 11.1 Å². The Balaban J connectivity index is 2.29. The minimum atomic E-state index is 0.00511. The molecule has 1 aliphatic heterocycles. The van der Waals surface area contributed by atoms with E-state index in [0.717, 1.165) is 6.42 Å². The molecule has 1 atom stereocenters. The van der Waals surface area contributed by atoms with E-state index in [-0.39, 0.29) is 5.41 Å². The topological polar surface area (TPSA) is 32.5 Å². The number of hydrogen-bond donors (Lipinski definition) is 1. The van der Waals surface area contributed by atoms with Gasteiger partial charge < -0.3 is 10.6 Å². The highest BCUT2D eigenvalue weighted by atomic mass is 32.1. The van der Waals surface area contributed by atoms with Crippen LogP contribution in [0.15, 0.2) is 0 Å². The first kappa shape index (κ1) is 14.9. The molecule has 0 aromatic carbocycles. The molecule has 0 amide bonds. The van der Waals surface area contributed by atoms with Crippen LogP contribution in [0.1, 0.15) is 33.6 Å². The lowest BCUT2D eigenvalue weighted by molar-refractivity contribution is 0.0968. The maximum Gasteiger partial charge on any atom is 0.0784 e. The largest absolute Gasteiger partial charge is 0.393 e. The van der Waals surface area contributed by atoms with Gasteiger partial charge in [-0.05, 0) is 33.4 Å². The zero-order valence-electron chi connectivity index (χ0n) is 11.7. The van der Waals surface area contributed by atoms with Gasteiger partial charge in [-0.1, -0.05) is 26.1 Å². The summed E-state index contributed by atoms with van der Waals surface area (Å²) in [7, 11) is 2.20. The highest BCUT2D eigenvalue weighted by molar-refractivity contribution is 7.80. The van der Waals surface area contributed by atoms with Crippen LogP contribution in [-0.2, 0) is 0 Å². The lowest BCUT2D eigenvalue weighted by Gasteiger charge is -2.38. The van der Waals surface area contributed by atoms with Gasteiger partial charge in [-0.2, -0.15) is 0 Å². The summed E-state index contributed by atoms with van der Waals surface area (Å²) in [6.45, 7) is 11.3. The third kappa shape index (κ3) is 4.53. The van der Waals surface area contributed by atoms with E-state index < -0.39 is 0 Å². The molecule has 0 bridgehead atoms. The van der Waals surface area contributed by atoms with Crippen LogP contribution in [0.5, 0.6) is 0 Å². The molecule has 1 rings (SSSR count). The minimum Gasteiger partial charge on any atom is -0.393 e.